The van der Waals surface area contributed by atoms with Crippen LogP contribution in [0.25, 0.3) is 157 Å². The highest BCUT2D eigenvalue weighted by molar-refractivity contribution is 6.13. The predicted octanol–water partition coefficient (Wildman–Crippen LogP) is 18.1. The Morgan fingerprint density at radius 2 is 0.551 bits per heavy atom. The molecule has 0 aliphatic rings. The molecule has 12 heteroatoms. The Kier molecular flexibility index (Phi) is 13.7. The number of hydrogen-bond donors (Lipinski definition) is 0. The average Bonchev–Trinajstić information content (AvgIpc) is 1.70. The van der Waals surface area contributed by atoms with Crippen molar-refractivity contribution < 1.29 is 0 Å². The number of nitrogens with zero attached hydrogens (tertiary/aromatic N) is 12. The Morgan fingerprint density at radius 1 is 0.281 bits per heavy atom. The minimum atomic E-state index is 0.457. The van der Waals surface area contributed by atoms with E-state index in [0.29, 0.717) is 63.7 Å². The van der Waals surface area contributed by atoms with E-state index < -0.39 is 0 Å². The van der Waals surface area contributed by atoms with E-state index in [2.05, 4.69) is 64.0 Å². The third kappa shape index (κ3) is 10.4. The Labute approximate surface area is 512 Å². The van der Waals surface area contributed by atoms with Gasteiger partial charge in [-0.25, -0.2) is 49.7 Å². The van der Waals surface area contributed by atoms with Gasteiger partial charge < -0.3 is 4.57 Å². The topological polar surface area (TPSA) is 149 Å². The first kappa shape index (κ1) is 53.0. The maximum absolute atomic E-state index is 10.2. The van der Waals surface area contributed by atoms with E-state index in [-0.39, 0.29) is 0 Å². The zero-order chi connectivity index (χ0) is 59.6. The van der Waals surface area contributed by atoms with Crippen LogP contribution < -0.4 is 0 Å². The van der Waals surface area contributed by atoms with Crippen LogP contribution in [0.1, 0.15) is 5.56 Å². The Bertz CT molecular complexity index is 4790. The number of nitriles is 1. The maximum Gasteiger partial charge on any atom is 0.187 e. The van der Waals surface area contributed by atoms with Crippen molar-refractivity contribution in [3.8, 4) is 137 Å². The van der Waals surface area contributed by atoms with Crippen LogP contribution in [0.15, 0.2) is 279 Å². The summed E-state index contributed by atoms with van der Waals surface area (Å²) in [4.78, 5) is 50.2. The molecule has 0 saturated heterocycles. The smallest absolute Gasteiger partial charge is 0.187 e. The van der Waals surface area contributed by atoms with Gasteiger partial charge in [-0.1, -0.05) is 218 Å². The highest BCUT2D eigenvalue weighted by atomic mass is 15.1. The van der Waals surface area contributed by atoms with Crippen LogP contribution in [0.5, 0.6) is 0 Å². The lowest BCUT2D eigenvalue weighted by atomic mass is 9.92. The van der Waals surface area contributed by atoms with E-state index in [1.54, 1.807) is 0 Å². The summed E-state index contributed by atoms with van der Waals surface area (Å²) in [6.07, 6.45) is 0. The molecular formula is C77H46N12. The molecule has 0 bridgehead atoms. The van der Waals surface area contributed by atoms with Gasteiger partial charge in [0.1, 0.15) is 0 Å². The second kappa shape index (κ2) is 23.0. The van der Waals surface area contributed by atoms with Gasteiger partial charge >= 0.3 is 0 Å². The fourth-order valence-corrected chi connectivity index (χ4v) is 11.2. The molecule has 0 unspecified atom stereocenters. The molecule has 0 aliphatic heterocycles. The minimum absolute atomic E-state index is 0.457. The van der Waals surface area contributed by atoms with Crippen LogP contribution in [0.4, 0.5) is 5.69 Å². The molecule has 0 radical (unpaired) electrons. The average molecular weight is 1140 g/mol. The van der Waals surface area contributed by atoms with E-state index >= 15 is 0 Å². The molecule has 4 heterocycles. The Balaban J connectivity index is 1.04. The SMILES string of the molecule is [C-]#[N+]c1ccc(-c2cc(-c3nc(-c4ccccc4)nc(-c4ccccc4)n3)cc(-c3ccc(C#N)cc3)c2-n2c3ccc(-c4nc(-c5ccccc5)nc(-c5ccccc5)n4)cc3c3cc(-c4nc(-c5ccccc5)nc(-c5ccccc5)n4)ccc32)cc1. The molecule has 414 valence electrons. The molecule has 0 atom stereocenters. The lowest BCUT2D eigenvalue weighted by Gasteiger charge is -2.21. The van der Waals surface area contributed by atoms with E-state index in [1.165, 1.54) is 0 Å². The van der Waals surface area contributed by atoms with Crippen LogP contribution >= 0.6 is 0 Å². The van der Waals surface area contributed by atoms with Crippen LogP contribution in [-0.2, 0) is 0 Å². The van der Waals surface area contributed by atoms with Crippen LogP contribution in [0, 0.1) is 17.9 Å². The van der Waals surface area contributed by atoms with Gasteiger partial charge in [0.25, 0.3) is 0 Å². The summed E-state index contributed by atoms with van der Waals surface area (Å²) in [5.41, 5.74) is 14.3. The van der Waals surface area contributed by atoms with Gasteiger partial charge in [-0.15, -0.1) is 0 Å². The van der Waals surface area contributed by atoms with Gasteiger partial charge in [0.05, 0.1) is 34.9 Å². The lowest BCUT2D eigenvalue weighted by Crippen LogP contribution is -2.04. The molecular weight excluding hydrogens is 1090 g/mol. The summed E-state index contributed by atoms with van der Waals surface area (Å²) in [5.74, 6) is 4.67. The molecule has 0 fully saturated rings. The molecule has 15 aromatic rings. The fourth-order valence-electron chi connectivity index (χ4n) is 11.2. The molecule has 0 spiro atoms. The summed E-state index contributed by atoms with van der Waals surface area (Å²) < 4.78 is 2.31. The van der Waals surface area contributed by atoms with Crippen molar-refractivity contribution in [3.05, 3.63) is 296 Å². The van der Waals surface area contributed by atoms with Crippen LogP contribution in [-0.4, -0.2) is 49.4 Å². The number of fused-ring (bicyclic) bond motifs is 3. The lowest BCUT2D eigenvalue weighted by molar-refractivity contribution is 1.07. The largest absolute Gasteiger partial charge is 0.308 e. The fraction of sp³-hybridized carbons (Fsp3) is 0. The molecule has 0 aliphatic carbocycles. The first-order chi connectivity index (χ1) is 44.0. The second-order valence-corrected chi connectivity index (χ2v) is 21.2. The van der Waals surface area contributed by atoms with Gasteiger partial charge in [-0.3, -0.25) is 0 Å². The van der Waals surface area contributed by atoms with Crippen LogP contribution in [0.2, 0.25) is 0 Å². The quantitative estimate of drug-likeness (QED) is 0.108. The van der Waals surface area contributed by atoms with E-state index in [0.717, 1.165) is 99.8 Å². The predicted molar refractivity (Wildman–Crippen MR) is 352 cm³/mol. The van der Waals surface area contributed by atoms with Crippen molar-refractivity contribution in [2.24, 2.45) is 0 Å². The van der Waals surface area contributed by atoms with E-state index in [1.807, 2.05) is 231 Å². The third-order valence-electron chi connectivity index (χ3n) is 15.6. The van der Waals surface area contributed by atoms with Gasteiger partial charge in [0.15, 0.2) is 58.1 Å². The summed E-state index contributed by atoms with van der Waals surface area (Å²) >= 11 is 0. The molecule has 89 heavy (non-hydrogen) atoms. The highest BCUT2D eigenvalue weighted by Gasteiger charge is 2.26. The summed E-state index contributed by atoms with van der Waals surface area (Å²) in [7, 11) is 0. The minimum Gasteiger partial charge on any atom is -0.308 e. The van der Waals surface area contributed by atoms with Gasteiger partial charge in [0.2, 0.25) is 0 Å². The van der Waals surface area contributed by atoms with E-state index in [9.17, 15) is 5.26 Å². The molecule has 0 saturated carbocycles. The second-order valence-electron chi connectivity index (χ2n) is 21.2. The molecule has 15 rings (SSSR count). The number of rotatable bonds is 12. The molecule has 12 nitrogen and oxygen atoms in total. The van der Waals surface area contributed by atoms with Crippen LogP contribution in [0.3, 0.4) is 0 Å². The van der Waals surface area contributed by atoms with Crippen molar-refractivity contribution in [1.82, 2.24) is 49.4 Å². The van der Waals surface area contributed by atoms with Crippen molar-refractivity contribution in [1.29, 1.82) is 5.26 Å². The zero-order valence-electron chi connectivity index (χ0n) is 47.4. The first-order valence-electron chi connectivity index (χ1n) is 28.9. The Morgan fingerprint density at radius 3 is 0.843 bits per heavy atom. The van der Waals surface area contributed by atoms with Gasteiger partial charge in [0, 0.05) is 72.0 Å². The molecule has 0 N–H and O–H groups in total. The highest BCUT2D eigenvalue weighted by Crippen LogP contribution is 2.46. The molecule has 0 amide bonds. The number of benzene rings is 11. The monoisotopic (exact) mass is 1140 g/mol. The number of aromatic nitrogens is 10. The summed E-state index contributed by atoms with van der Waals surface area (Å²) in [6, 6.07) is 94.4. The van der Waals surface area contributed by atoms with Gasteiger partial charge in [-0.05, 0) is 71.8 Å². The molecule has 4 aromatic heterocycles. The number of hydrogen-bond acceptors (Lipinski definition) is 10. The first-order valence-corrected chi connectivity index (χ1v) is 28.9. The van der Waals surface area contributed by atoms with Crippen molar-refractivity contribution in [2.45, 2.75) is 0 Å². The Hall–Kier alpha value is -12.8. The normalized spacial score (nSPS) is 11.1. The van der Waals surface area contributed by atoms with Crippen molar-refractivity contribution in [2.75, 3.05) is 0 Å². The van der Waals surface area contributed by atoms with E-state index in [4.69, 9.17) is 51.4 Å². The van der Waals surface area contributed by atoms with Crippen molar-refractivity contribution in [3.63, 3.8) is 0 Å². The molecule has 11 aromatic carbocycles. The standard InChI is InChI=1S/C77H46N12/c1-79-61-40-36-51(37-41-61)63-47-60(77-87-73(56-28-16-6-17-29-56)82-74(88-77)57-30-18-7-19-31-57)46-62(50-34-32-49(48-78)33-35-50)68(63)89-66-42-38-58(75-83-69(52-20-8-2-9-21-52)80-70(84-75)53-22-10-3-11-23-53)44-64(66)65-45-59(39-43-67(65)89)76-85-71(54-24-12-4-13-25-54)81-72(86-76)55-26-14-5-15-27-55/h2-47H. The zero-order valence-corrected chi connectivity index (χ0v) is 47.4. The maximum atomic E-state index is 10.2. The summed E-state index contributed by atoms with van der Waals surface area (Å²) in [5, 5.41) is 12.0. The summed E-state index contributed by atoms with van der Waals surface area (Å²) in [6.45, 7) is 8.00. The van der Waals surface area contributed by atoms with Crippen molar-refractivity contribution >= 4 is 27.5 Å². The van der Waals surface area contributed by atoms with Gasteiger partial charge in [-0.2, -0.15) is 5.26 Å². The third-order valence-corrected chi connectivity index (χ3v) is 15.6.